The van der Waals surface area contributed by atoms with Gasteiger partial charge >= 0.3 is 0 Å². The zero-order chi connectivity index (χ0) is 25.4. The predicted molar refractivity (Wildman–Crippen MR) is 142 cm³/mol. The Morgan fingerprint density at radius 2 is 1.81 bits per heavy atom. The summed E-state index contributed by atoms with van der Waals surface area (Å²) in [6.07, 6.45) is 2.85. The van der Waals surface area contributed by atoms with Gasteiger partial charge < -0.3 is 19.1 Å². The van der Waals surface area contributed by atoms with Gasteiger partial charge in [0.25, 0.3) is 5.91 Å². The molecule has 1 amide bonds. The maximum atomic E-state index is 12.2. The molecule has 5 rings (SSSR count). The van der Waals surface area contributed by atoms with E-state index >= 15 is 0 Å². The van der Waals surface area contributed by atoms with Crippen LogP contribution in [0.15, 0.2) is 65.2 Å². The first-order valence-electron chi connectivity index (χ1n) is 12.0. The molecule has 36 heavy (non-hydrogen) atoms. The van der Waals surface area contributed by atoms with Crippen LogP contribution in [0.3, 0.4) is 0 Å². The van der Waals surface area contributed by atoms with Crippen molar-refractivity contribution in [1.82, 2.24) is 14.8 Å². The first-order valence-corrected chi connectivity index (χ1v) is 12.0. The van der Waals surface area contributed by atoms with Gasteiger partial charge in [-0.05, 0) is 56.4 Å². The maximum Gasteiger partial charge on any atom is 0.253 e. The van der Waals surface area contributed by atoms with Crippen molar-refractivity contribution in [3.05, 3.63) is 71.9 Å². The number of amides is 1. The number of nitriles is 1. The van der Waals surface area contributed by atoms with Gasteiger partial charge in [0.05, 0.1) is 11.3 Å². The number of anilines is 1. The SMILES string of the molecule is CN(C)C(=O)c1ccc(-c2cc3nccc(-c4ccc(N5CCC(N(C)C)C5)c(C#N)c4)c3o2)cc1. The second kappa shape index (κ2) is 9.48. The van der Waals surface area contributed by atoms with Gasteiger partial charge in [-0.15, -0.1) is 0 Å². The Morgan fingerprint density at radius 1 is 1.06 bits per heavy atom. The van der Waals surface area contributed by atoms with E-state index in [2.05, 4.69) is 41.0 Å². The number of hydrogen-bond acceptors (Lipinski definition) is 6. The summed E-state index contributed by atoms with van der Waals surface area (Å²) in [5, 5.41) is 9.94. The Balaban J connectivity index is 1.48. The Kier molecular flexibility index (Phi) is 6.21. The summed E-state index contributed by atoms with van der Waals surface area (Å²) < 4.78 is 6.27. The quantitative estimate of drug-likeness (QED) is 0.406. The van der Waals surface area contributed by atoms with Crippen LogP contribution in [0.1, 0.15) is 22.3 Å². The first-order chi connectivity index (χ1) is 17.4. The third kappa shape index (κ3) is 4.32. The number of nitrogens with zero attached hydrogens (tertiary/aromatic N) is 5. The number of carbonyl (C=O) groups is 1. The summed E-state index contributed by atoms with van der Waals surface area (Å²) in [4.78, 5) is 22.8. The minimum atomic E-state index is -0.0435. The number of likely N-dealkylation sites (N-methyl/N-ethyl adjacent to an activating group) is 1. The van der Waals surface area contributed by atoms with Crippen LogP contribution < -0.4 is 4.90 Å². The molecule has 0 aliphatic carbocycles. The van der Waals surface area contributed by atoms with Crippen LogP contribution in [0, 0.1) is 11.3 Å². The summed E-state index contributed by atoms with van der Waals surface area (Å²) in [5.41, 5.74) is 6.34. The first kappa shape index (κ1) is 23.6. The number of aromatic nitrogens is 1. The Morgan fingerprint density at radius 3 is 2.47 bits per heavy atom. The van der Waals surface area contributed by atoms with E-state index in [9.17, 15) is 10.1 Å². The molecule has 1 atom stereocenters. The second-order valence-electron chi connectivity index (χ2n) is 9.66. The monoisotopic (exact) mass is 479 g/mol. The van der Waals surface area contributed by atoms with Gasteiger partial charge in [-0.2, -0.15) is 5.26 Å². The molecule has 0 saturated carbocycles. The lowest BCUT2D eigenvalue weighted by Crippen LogP contribution is -2.31. The lowest BCUT2D eigenvalue weighted by molar-refractivity contribution is 0.0827. The van der Waals surface area contributed by atoms with Crippen molar-refractivity contribution < 1.29 is 9.21 Å². The van der Waals surface area contributed by atoms with Crippen LogP contribution in [-0.2, 0) is 0 Å². The van der Waals surface area contributed by atoms with E-state index in [0.717, 1.165) is 47.4 Å². The molecule has 2 aromatic carbocycles. The molecule has 0 N–H and O–H groups in total. The van der Waals surface area contributed by atoms with Crippen molar-refractivity contribution in [2.24, 2.45) is 0 Å². The van der Waals surface area contributed by atoms with E-state index in [0.29, 0.717) is 28.5 Å². The van der Waals surface area contributed by atoms with Crippen molar-refractivity contribution >= 4 is 22.7 Å². The fourth-order valence-corrected chi connectivity index (χ4v) is 4.79. The molecule has 1 fully saturated rings. The Bertz CT molecular complexity index is 1460. The normalized spacial score (nSPS) is 15.4. The number of furan rings is 1. The fraction of sp³-hybridized carbons (Fsp3) is 0.276. The second-order valence-corrected chi connectivity index (χ2v) is 9.66. The van der Waals surface area contributed by atoms with Gasteiger partial charge in [-0.1, -0.05) is 18.2 Å². The molecule has 1 aliphatic heterocycles. The molecule has 1 saturated heterocycles. The fourth-order valence-electron chi connectivity index (χ4n) is 4.79. The highest BCUT2D eigenvalue weighted by molar-refractivity contribution is 5.95. The lowest BCUT2D eigenvalue weighted by atomic mass is 10.0. The highest BCUT2D eigenvalue weighted by Crippen LogP contribution is 2.36. The molecular formula is C29H29N5O2. The Labute approximate surface area is 211 Å². The molecular weight excluding hydrogens is 450 g/mol. The third-order valence-electron chi connectivity index (χ3n) is 6.90. The van der Waals surface area contributed by atoms with Crippen LogP contribution in [0.25, 0.3) is 33.6 Å². The van der Waals surface area contributed by atoms with E-state index in [1.165, 1.54) is 0 Å². The smallest absolute Gasteiger partial charge is 0.253 e. The predicted octanol–water partition coefficient (Wildman–Crippen LogP) is 4.88. The molecule has 0 radical (unpaired) electrons. The summed E-state index contributed by atoms with van der Waals surface area (Å²) in [6.45, 7) is 1.86. The highest BCUT2D eigenvalue weighted by Gasteiger charge is 2.26. The largest absolute Gasteiger partial charge is 0.454 e. The number of hydrogen-bond donors (Lipinski definition) is 0. The van der Waals surface area contributed by atoms with Crippen LogP contribution in [-0.4, -0.2) is 68.0 Å². The number of pyridine rings is 1. The summed E-state index contributed by atoms with van der Waals surface area (Å²) >= 11 is 0. The molecule has 7 heteroatoms. The average Bonchev–Trinajstić information content (AvgIpc) is 3.55. The topological polar surface area (TPSA) is 76.6 Å². The van der Waals surface area contributed by atoms with Crippen LogP contribution >= 0.6 is 0 Å². The highest BCUT2D eigenvalue weighted by atomic mass is 16.3. The van der Waals surface area contributed by atoms with Gasteiger partial charge in [0.1, 0.15) is 17.3 Å². The van der Waals surface area contributed by atoms with E-state index in [-0.39, 0.29) is 5.91 Å². The number of benzene rings is 2. The minimum Gasteiger partial charge on any atom is -0.454 e. The standard InChI is InChI=1S/C29H29N5O2/c1-32(2)23-12-14-34(18-23)26-10-9-21(15-22(26)17-30)24-11-13-31-25-16-27(36-28(24)25)19-5-7-20(8-6-19)29(35)33(3)4/h5-11,13,15-16,23H,12,14,18H2,1-4H3. The number of carbonyl (C=O) groups excluding carboxylic acids is 1. The summed E-state index contributed by atoms with van der Waals surface area (Å²) in [6, 6.07) is 20.1. The molecule has 182 valence electrons. The minimum absolute atomic E-state index is 0.0435. The van der Waals surface area contributed by atoms with Gasteiger partial charge in [-0.25, -0.2) is 0 Å². The van der Waals surface area contributed by atoms with Crippen molar-refractivity contribution in [2.45, 2.75) is 12.5 Å². The summed E-state index contributed by atoms with van der Waals surface area (Å²) in [5.74, 6) is 0.635. The van der Waals surface area contributed by atoms with Gasteiger partial charge in [0, 0.05) is 62.2 Å². The molecule has 3 heterocycles. The van der Waals surface area contributed by atoms with Gasteiger partial charge in [0.2, 0.25) is 0 Å². The number of fused-ring (bicyclic) bond motifs is 1. The average molecular weight is 480 g/mol. The van der Waals surface area contributed by atoms with Crippen LogP contribution in [0.4, 0.5) is 5.69 Å². The Hall–Kier alpha value is -4.15. The van der Waals surface area contributed by atoms with Crippen LogP contribution in [0.5, 0.6) is 0 Å². The van der Waals surface area contributed by atoms with E-state index in [4.69, 9.17) is 4.42 Å². The molecule has 0 bridgehead atoms. The molecule has 2 aromatic heterocycles. The van der Waals surface area contributed by atoms with Crippen LogP contribution in [0.2, 0.25) is 0 Å². The van der Waals surface area contributed by atoms with Crippen molar-refractivity contribution in [3.8, 4) is 28.5 Å². The number of rotatable bonds is 5. The molecule has 1 aliphatic rings. The van der Waals surface area contributed by atoms with Crippen molar-refractivity contribution in [3.63, 3.8) is 0 Å². The molecule has 4 aromatic rings. The van der Waals surface area contributed by atoms with E-state index in [1.807, 2.05) is 36.4 Å². The molecule has 0 spiro atoms. The molecule has 1 unspecified atom stereocenters. The van der Waals surface area contributed by atoms with Gasteiger partial charge in [-0.3, -0.25) is 9.78 Å². The van der Waals surface area contributed by atoms with Crippen molar-refractivity contribution in [1.29, 1.82) is 5.26 Å². The maximum absolute atomic E-state index is 12.2. The zero-order valence-electron chi connectivity index (χ0n) is 21.0. The van der Waals surface area contributed by atoms with Crippen molar-refractivity contribution in [2.75, 3.05) is 46.2 Å². The van der Waals surface area contributed by atoms with E-state index < -0.39 is 0 Å². The third-order valence-corrected chi connectivity index (χ3v) is 6.90. The lowest BCUT2D eigenvalue weighted by Gasteiger charge is -2.23. The zero-order valence-corrected chi connectivity index (χ0v) is 21.0. The molecule has 7 nitrogen and oxygen atoms in total. The summed E-state index contributed by atoms with van der Waals surface area (Å²) in [7, 11) is 7.68. The van der Waals surface area contributed by atoms with Gasteiger partial charge in [0.15, 0.2) is 5.58 Å². The van der Waals surface area contributed by atoms with E-state index in [1.54, 1.807) is 37.3 Å².